The second-order valence-corrected chi connectivity index (χ2v) is 5.41. The van der Waals surface area contributed by atoms with Gasteiger partial charge in [-0.1, -0.05) is 18.0 Å². The summed E-state index contributed by atoms with van der Waals surface area (Å²) < 4.78 is 13.5. The van der Waals surface area contributed by atoms with Gasteiger partial charge in [0.1, 0.15) is 5.82 Å². The third-order valence-electron chi connectivity index (χ3n) is 3.67. The normalized spacial score (nSPS) is 21.7. The largest absolute Gasteiger partial charge is 0.481 e. The molecule has 6 heteroatoms. The molecule has 0 spiro atoms. The average molecular weight is 300 g/mol. The minimum absolute atomic E-state index is 0.0984. The maximum absolute atomic E-state index is 13.5. The molecule has 1 aromatic carbocycles. The molecule has 0 aromatic heterocycles. The Labute approximate surface area is 120 Å². The molecule has 20 heavy (non-hydrogen) atoms. The fourth-order valence-corrected chi connectivity index (χ4v) is 2.77. The summed E-state index contributed by atoms with van der Waals surface area (Å²) in [5.74, 6) is -2.58. The second-order valence-electron chi connectivity index (χ2n) is 4.97. The molecule has 4 nitrogen and oxygen atoms in total. The number of hydrogen-bond acceptors (Lipinski definition) is 2. The maximum atomic E-state index is 13.5. The van der Waals surface area contributed by atoms with E-state index in [1.165, 1.54) is 12.1 Å². The van der Waals surface area contributed by atoms with E-state index in [-0.39, 0.29) is 23.0 Å². The highest BCUT2D eigenvalue weighted by atomic mass is 35.5. The van der Waals surface area contributed by atoms with E-state index >= 15 is 0 Å². The molecule has 1 saturated carbocycles. The number of carboxylic acids is 1. The van der Waals surface area contributed by atoms with Crippen LogP contribution in [-0.2, 0) is 4.79 Å². The third kappa shape index (κ3) is 3.28. The number of hydrogen-bond donors (Lipinski definition) is 2. The molecule has 1 fully saturated rings. The lowest BCUT2D eigenvalue weighted by molar-refractivity contribution is -0.142. The lowest BCUT2D eigenvalue weighted by Gasteiger charge is -2.16. The SMILES string of the molecule is O=C(NCC1CCCC1C(=O)O)c1cc(Cl)ccc1F. The van der Waals surface area contributed by atoms with Crippen molar-refractivity contribution in [2.45, 2.75) is 19.3 Å². The van der Waals surface area contributed by atoms with Crippen LogP contribution in [-0.4, -0.2) is 23.5 Å². The molecule has 108 valence electrons. The van der Waals surface area contributed by atoms with Crippen LogP contribution < -0.4 is 5.32 Å². The van der Waals surface area contributed by atoms with Gasteiger partial charge in [0.15, 0.2) is 0 Å². The predicted octanol–water partition coefficient (Wildman–Crippen LogP) is 2.71. The Hall–Kier alpha value is -1.62. The van der Waals surface area contributed by atoms with Gasteiger partial charge < -0.3 is 10.4 Å². The summed E-state index contributed by atoms with van der Waals surface area (Å²) >= 11 is 5.73. The van der Waals surface area contributed by atoms with Gasteiger partial charge in [-0.15, -0.1) is 0 Å². The van der Waals surface area contributed by atoms with Crippen molar-refractivity contribution >= 4 is 23.5 Å². The van der Waals surface area contributed by atoms with Crippen molar-refractivity contribution in [3.8, 4) is 0 Å². The van der Waals surface area contributed by atoms with Crippen LogP contribution >= 0.6 is 11.6 Å². The van der Waals surface area contributed by atoms with Gasteiger partial charge in [-0.25, -0.2) is 4.39 Å². The zero-order chi connectivity index (χ0) is 14.7. The maximum Gasteiger partial charge on any atom is 0.306 e. The fraction of sp³-hybridized carbons (Fsp3) is 0.429. The molecule has 0 radical (unpaired) electrons. The van der Waals surface area contributed by atoms with E-state index in [9.17, 15) is 14.0 Å². The number of rotatable bonds is 4. The molecule has 2 N–H and O–H groups in total. The van der Waals surface area contributed by atoms with E-state index in [2.05, 4.69) is 5.32 Å². The van der Waals surface area contributed by atoms with E-state index in [1.54, 1.807) is 0 Å². The van der Waals surface area contributed by atoms with Crippen LogP contribution in [0, 0.1) is 17.7 Å². The van der Waals surface area contributed by atoms with Crippen molar-refractivity contribution in [1.82, 2.24) is 5.32 Å². The number of carbonyl (C=O) groups is 2. The van der Waals surface area contributed by atoms with Crippen LogP contribution in [0.5, 0.6) is 0 Å². The van der Waals surface area contributed by atoms with Gasteiger partial charge in [-0.2, -0.15) is 0 Å². The summed E-state index contributed by atoms with van der Waals surface area (Å²) in [6.07, 6.45) is 2.22. The zero-order valence-corrected chi connectivity index (χ0v) is 11.5. The van der Waals surface area contributed by atoms with E-state index in [1.807, 2.05) is 0 Å². The smallest absolute Gasteiger partial charge is 0.306 e. The van der Waals surface area contributed by atoms with E-state index < -0.39 is 23.6 Å². The topological polar surface area (TPSA) is 66.4 Å². The summed E-state index contributed by atoms with van der Waals surface area (Å²) in [5.41, 5.74) is -0.123. The minimum Gasteiger partial charge on any atom is -0.481 e. The van der Waals surface area contributed by atoms with Crippen LogP contribution in [0.4, 0.5) is 4.39 Å². The van der Waals surface area contributed by atoms with Crippen molar-refractivity contribution in [2.24, 2.45) is 11.8 Å². The highest BCUT2D eigenvalue weighted by Gasteiger charge is 2.33. The highest BCUT2D eigenvalue weighted by Crippen LogP contribution is 2.31. The average Bonchev–Trinajstić information content (AvgIpc) is 2.87. The number of nitrogens with one attached hydrogen (secondary N) is 1. The standard InChI is InChI=1S/C14H15ClFNO3/c15-9-4-5-12(16)11(6-9)13(18)17-7-8-2-1-3-10(8)14(19)20/h4-6,8,10H,1-3,7H2,(H,17,18)(H,19,20). The Morgan fingerprint density at radius 3 is 2.85 bits per heavy atom. The van der Waals surface area contributed by atoms with Gasteiger partial charge in [-0.3, -0.25) is 9.59 Å². The van der Waals surface area contributed by atoms with Gasteiger partial charge in [0.2, 0.25) is 0 Å². The summed E-state index contributed by atoms with van der Waals surface area (Å²) in [7, 11) is 0. The minimum atomic E-state index is -0.837. The van der Waals surface area contributed by atoms with Gasteiger partial charge >= 0.3 is 5.97 Å². The summed E-state index contributed by atoms with van der Waals surface area (Å²) in [4.78, 5) is 22.9. The van der Waals surface area contributed by atoms with Crippen molar-refractivity contribution < 1.29 is 19.1 Å². The monoisotopic (exact) mass is 299 g/mol. The number of carbonyl (C=O) groups excluding carboxylic acids is 1. The highest BCUT2D eigenvalue weighted by molar-refractivity contribution is 6.31. The summed E-state index contributed by atoms with van der Waals surface area (Å²) in [6.45, 7) is 0.238. The molecule has 0 bridgehead atoms. The van der Waals surface area contributed by atoms with E-state index in [0.717, 1.165) is 18.9 Å². The van der Waals surface area contributed by atoms with Crippen LogP contribution in [0.15, 0.2) is 18.2 Å². The lowest BCUT2D eigenvalue weighted by atomic mass is 9.96. The Kier molecular flexibility index (Phi) is 4.60. The van der Waals surface area contributed by atoms with Crippen LogP contribution in [0.3, 0.4) is 0 Å². The van der Waals surface area contributed by atoms with E-state index in [4.69, 9.17) is 16.7 Å². The number of halogens is 2. The van der Waals surface area contributed by atoms with Gasteiger partial charge in [-0.05, 0) is 37.0 Å². The Bertz CT molecular complexity index is 535. The molecule has 1 aromatic rings. The number of amides is 1. The third-order valence-corrected chi connectivity index (χ3v) is 3.91. The van der Waals surface area contributed by atoms with Gasteiger partial charge in [0.05, 0.1) is 11.5 Å². The fourth-order valence-electron chi connectivity index (χ4n) is 2.60. The van der Waals surface area contributed by atoms with Crippen molar-refractivity contribution in [1.29, 1.82) is 0 Å². The molecule has 0 saturated heterocycles. The Morgan fingerprint density at radius 2 is 2.15 bits per heavy atom. The molecule has 1 amide bonds. The Balaban J connectivity index is 1.98. The molecule has 0 aliphatic heterocycles. The van der Waals surface area contributed by atoms with Crippen LogP contribution in [0.25, 0.3) is 0 Å². The first kappa shape index (κ1) is 14.8. The number of aliphatic carboxylic acids is 1. The summed E-state index contributed by atoms with van der Waals surface area (Å²) in [6, 6.07) is 3.76. The van der Waals surface area contributed by atoms with Crippen molar-refractivity contribution in [2.75, 3.05) is 6.54 Å². The number of carboxylic acid groups (broad SMARTS) is 1. The van der Waals surface area contributed by atoms with Crippen molar-refractivity contribution in [3.05, 3.63) is 34.6 Å². The van der Waals surface area contributed by atoms with Gasteiger partial charge in [0.25, 0.3) is 5.91 Å². The van der Waals surface area contributed by atoms with Gasteiger partial charge in [0, 0.05) is 11.6 Å². The second kappa shape index (κ2) is 6.22. The molecular weight excluding hydrogens is 285 g/mol. The molecule has 1 aliphatic carbocycles. The lowest BCUT2D eigenvalue weighted by Crippen LogP contribution is -2.33. The Morgan fingerprint density at radius 1 is 1.40 bits per heavy atom. The number of benzene rings is 1. The van der Waals surface area contributed by atoms with E-state index in [0.29, 0.717) is 6.42 Å². The van der Waals surface area contributed by atoms with Crippen molar-refractivity contribution in [3.63, 3.8) is 0 Å². The predicted molar refractivity (Wildman–Crippen MR) is 72.2 cm³/mol. The first-order chi connectivity index (χ1) is 9.49. The first-order valence-electron chi connectivity index (χ1n) is 6.45. The van der Waals surface area contributed by atoms with Crippen LogP contribution in [0.1, 0.15) is 29.6 Å². The quantitative estimate of drug-likeness (QED) is 0.898. The molecule has 0 heterocycles. The molecule has 2 rings (SSSR count). The molecular formula is C14H15ClFNO3. The molecule has 2 atom stereocenters. The van der Waals surface area contributed by atoms with Crippen LogP contribution in [0.2, 0.25) is 5.02 Å². The molecule has 1 aliphatic rings. The molecule has 2 unspecified atom stereocenters. The zero-order valence-electron chi connectivity index (χ0n) is 10.7. The first-order valence-corrected chi connectivity index (χ1v) is 6.83. The summed E-state index contributed by atoms with van der Waals surface area (Å²) in [5, 5.41) is 11.9.